The molecule has 24 heavy (non-hydrogen) atoms. The van der Waals surface area contributed by atoms with Gasteiger partial charge in [0.2, 0.25) is 5.91 Å². The van der Waals surface area contributed by atoms with Crippen LogP contribution in [0.2, 0.25) is 0 Å². The fourth-order valence-corrected chi connectivity index (χ4v) is 2.45. The van der Waals surface area contributed by atoms with Gasteiger partial charge in [0.25, 0.3) is 0 Å². The minimum absolute atomic E-state index is 0.00795. The molecule has 2 aromatic carbocycles. The van der Waals surface area contributed by atoms with Gasteiger partial charge >= 0.3 is 0 Å². The summed E-state index contributed by atoms with van der Waals surface area (Å²) in [5.41, 5.74) is 4.15. The van der Waals surface area contributed by atoms with Crippen LogP contribution in [-0.2, 0) is 4.79 Å². The third-order valence-corrected chi connectivity index (χ3v) is 3.88. The molecule has 0 fully saturated rings. The predicted molar refractivity (Wildman–Crippen MR) is 100.0 cm³/mol. The number of amides is 1. The van der Waals surface area contributed by atoms with E-state index in [1.807, 2.05) is 37.3 Å². The van der Waals surface area contributed by atoms with E-state index < -0.39 is 0 Å². The summed E-state index contributed by atoms with van der Waals surface area (Å²) in [5, 5.41) is 6.18. The van der Waals surface area contributed by atoms with Crippen molar-refractivity contribution in [1.29, 1.82) is 0 Å². The summed E-state index contributed by atoms with van der Waals surface area (Å²) in [6.45, 7) is 6.88. The fourth-order valence-electron chi connectivity index (χ4n) is 2.45. The van der Waals surface area contributed by atoms with Crippen molar-refractivity contribution in [3.05, 3.63) is 53.6 Å². The lowest BCUT2D eigenvalue weighted by Crippen LogP contribution is -2.16. The molecule has 2 aromatic rings. The second-order valence-electron chi connectivity index (χ2n) is 6.21. The van der Waals surface area contributed by atoms with E-state index in [1.165, 1.54) is 5.56 Å². The van der Waals surface area contributed by atoms with E-state index in [-0.39, 0.29) is 5.91 Å². The largest absolute Gasteiger partial charge is 0.495 e. The summed E-state index contributed by atoms with van der Waals surface area (Å²) in [6.07, 6.45) is 0.392. The Morgan fingerprint density at radius 1 is 1.12 bits per heavy atom. The Morgan fingerprint density at radius 2 is 1.83 bits per heavy atom. The molecule has 0 atom stereocenters. The molecule has 0 aliphatic heterocycles. The van der Waals surface area contributed by atoms with Crippen molar-refractivity contribution in [2.24, 2.45) is 0 Å². The number of hydrogen-bond donors (Lipinski definition) is 2. The first kappa shape index (κ1) is 17.9. The number of anilines is 2. The molecule has 2 N–H and O–H groups in total. The number of nitrogens with one attached hydrogen (secondary N) is 2. The maximum atomic E-state index is 12.1. The smallest absolute Gasteiger partial charge is 0.226 e. The zero-order valence-corrected chi connectivity index (χ0v) is 14.8. The second-order valence-corrected chi connectivity index (χ2v) is 6.21. The van der Waals surface area contributed by atoms with Gasteiger partial charge in [-0.15, -0.1) is 0 Å². The van der Waals surface area contributed by atoms with E-state index in [9.17, 15) is 4.79 Å². The molecule has 0 aromatic heterocycles. The van der Waals surface area contributed by atoms with Crippen LogP contribution in [0.25, 0.3) is 0 Å². The molecule has 0 saturated carbocycles. The first-order valence-corrected chi connectivity index (χ1v) is 8.28. The lowest BCUT2D eigenvalue weighted by molar-refractivity contribution is -0.115. The van der Waals surface area contributed by atoms with Crippen molar-refractivity contribution in [1.82, 2.24) is 0 Å². The van der Waals surface area contributed by atoms with Gasteiger partial charge in [0.05, 0.1) is 12.8 Å². The molecule has 4 nitrogen and oxygen atoms in total. The van der Waals surface area contributed by atoms with Crippen molar-refractivity contribution < 1.29 is 9.53 Å². The summed E-state index contributed by atoms with van der Waals surface area (Å²) in [5.74, 6) is 1.26. The van der Waals surface area contributed by atoms with Crippen LogP contribution >= 0.6 is 0 Å². The predicted octanol–water partition coefficient (Wildman–Crippen LogP) is 4.57. The van der Waals surface area contributed by atoms with Gasteiger partial charge in [0.1, 0.15) is 5.75 Å². The first-order valence-electron chi connectivity index (χ1n) is 8.28. The molecule has 0 bridgehead atoms. The SMILES string of the molecule is COc1ccc(C)cc1NCCC(=O)Nc1ccc(C(C)C)cc1. The van der Waals surface area contributed by atoms with Crippen LogP contribution in [0.5, 0.6) is 5.75 Å². The van der Waals surface area contributed by atoms with Crippen LogP contribution in [0, 0.1) is 6.92 Å². The summed E-state index contributed by atoms with van der Waals surface area (Å²) in [6, 6.07) is 13.9. The lowest BCUT2D eigenvalue weighted by Gasteiger charge is -2.12. The molecule has 128 valence electrons. The van der Waals surface area contributed by atoms with Crippen molar-refractivity contribution in [3.8, 4) is 5.75 Å². The van der Waals surface area contributed by atoms with Crippen molar-refractivity contribution in [3.63, 3.8) is 0 Å². The van der Waals surface area contributed by atoms with Gasteiger partial charge in [-0.2, -0.15) is 0 Å². The Kier molecular flexibility index (Phi) is 6.24. The average Bonchev–Trinajstić information content (AvgIpc) is 2.55. The van der Waals surface area contributed by atoms with Gasteiger partial charge in [0, 0.05) is 18.7 Å². The fraction of sp³-hybridized carbons (Fsp3) is 0.350. The molecule has 0 radical (unpaired) electrons. The molecule has 4 heteroatoms. The molecule has 2 rings (SSSR count). The molecule has 0 saturated heterocycles. The van der Waals surface area contributed by atoms with Crippen molar-refractivity contribution in [2.45, 2.75) is 33.1 Å². The van der Waals surface area contributed by atoms with Crippen molar-refractivity contribution in [2.75, 3.05) is 24.3 Å². The number of rotatable bonds is 7. The highest BCUT2D eigenvalue weighted by Crippen LogP contribution is 2.25. The van der Waals surface area contributed by atoms with Gasteiger partial charge in [-0.1, -0.05) is 32.0 Å². The highest BCUT2D eigenvalue weighted by Gasteiger charge is 2.06. The number of carbonyl (C=O) groups is 1. The maximum absolute atomic E-state index is 12.1. The Labute approximate surface area is 144 Å². The molecular formula is C20H26N2O2. The minimum atomic E-state index is -0.00795. The van der Waals surface area contributed by atoms with Crippen LogP contribution in [0.3, 0.4) is 0 Å². The van der Waals surface area contributed by atoms with E-state index in [2.05, 4.69) is 36.6 Å². The Bertz CT molecular complexity index is 679. The standard InChI is InChI=1S/C20H26N2O2/c1-14(2)16-6-8-17(9-7-16)22-20(23)11-12-21-18-13-15(3)5-10-19(18)24-4/h5-10,13-14,21H,11-12H2,1-4H3,(H,22,23). The number of aryl methyl sites for hydroxylation is 1. The number of methoxy groups -OCH3 is 1. The number of hydrogen-bond acceptors (Lipinski definition) is 3. The van der Waals surface area contributed by atoms with E-state index in [0.29, 0.717) is 18.9 Å². The topological polar surface area (TPSA) is 50.4 Å². The third-order valence-electron chi connectivity index (χ3n) is 3.88. The zero-order chi connectivity index (χ0) is 17.5. The van der Waals surface area contributed by atoms with Crippen molar-refractivity contribution >= 4 is 17.3 Å². The van der Waals surface area contributed by atoms with E-state index in [0.717, 1.165) is 22.7 Å². The average molecular weight is 326 g/mol. The van der Waals surface area contributed by atoms with Crippen LogP contribution < -0.4 is 15.4 Å². The summed E-state index contributed by atoms with van der Waals surface area (Å²) < 4.78 is 5.32. The molecule has 0 heterocycles. The van der Waals surface area contributed by atoms with E-state index in [4.69, 9.17) is 4.74 Å². The van der Waals surface area contributed by atoms with Gasteiger partial charge in [-0.25, -0.2) is 0 Å². The Balaban J connectivity index is 1.84. The summed E-state index contributed by atoms with van der Waals surface area (Å²) in [7, 11) is 1.64. The van der Waals surface area contributed by atoms with Crippen LogP contribution in [0.15, 0.2) is 42.5 Å². The quantitative estimate of drug-likeness (QED) is 0.784. The molecule has 0 aliphatic rings. The molecule has 1 amide bonds. The third kappa shape index (κ3) is 5.01. The van der Waals surface area contributed by atoms with Crippen LogP contribution in [-0.4, -0.2) is 19.6 Å². The normalized spacial score (nSPS) is 10.5. The number of benzene rings is 2. The number of carbonyl (C=O) groups excluding carboxylic acids is 1. The van der Waals surface area contributed by atoms with Crippen LogP contribution in [0.4, 0.5) is 11.4 Å². The zero-order valence-electron chi connectivity index (χ0n) is 14.8. The first-order chi connectivity index (χ1) is 11.5. The summed E-state index contributed by atoms with van der Waals surface area (Å²) >= 11 is 0. The monoisotopic (exact) mass is 326 g/mol. The Morgan fingerprint density at radius 3 is 2.46 bits per heavy atom. The van der Waals surface area contributed by atoms with Crippen LogP contribution in [0.1, 0.15) is 37.3 Å². The molecule has 0 unspecified atom stereocenters. The van der Waals surface area contributed by atoms with Gasteiger partial charge in [0.15, 0.2) is 0 Å². The van der Waals surface area contributed by atoms with E-state index >= 15 is 0 Å². The lowest BCUT2D eigenvalue weighted by atomic mass is 10.0. The minimum Gasteiger partial charge on any atom is -0.495 e. The highest BCUT2D eigenvalue weighted by molar-refractivity contribution is 5.91. The maximum Gasteiger partial charge on any atom is 0.226 e. The van der Waals surface area contributed by atoms with Gasteiger partial charge in [-0.3, -0.25) is 4.79 Å². The second kappa shape index (κ2) is 8.39. The van der Waals surface area contributed by atoms with Gasteiger partial charge in [-0.05, 0) is 48.2 Å². The molecule has 0 spiro atoms. The molecular weight excluding hydrogens is 300 g/mol. The Hall–Kier alpha value is -2.49. The number of ether oxygens (including phenoxy) is 1. The molecule has 0 aliphatic carbocycles. The van der Waals surface area contributed by atoms with Gasteiger partial charge < -0.3 is 15.4 Å². The summed E-state index contributed by atoms with van der Waals surface area (Å²) in [4.78, 5) is 12.1. The highest BCUT2D eigenvalue weighted by atomic mass is 16.5. The van der Waals surface area contributed by atoms with E-state index in [1.54, 1.807) is 7.11 Å².